The van der Waals surface area contributed by atoms with Gasteiger partial charge in [-0.05, 0) is 26.8 Å². The minimum Gasteiger partial charge on any atom is -0.383 e. The lowest BCUT2D eigenvalue weighted by atomic mass is 10.1. The second-order valence-corrected chi connectivity index (χ2v) is 5.92. The smallest absolute Gasteiger partial charge is 0.334 e. The van der Waals surface area contributed by atoms with Crippen LogP contribution < -0.4 is 0 Å². The summed E-state index contributed by atoms with van der Waals surface area (Å²) >= 11 is 0. The van der Waals surface area contributed by atoms with Gasteiger partial charge in [0, 0.05) is 31.1 Å². The number of imide groups is 2. The van der Waals surface area contributed by atoms with Crippen LogP contribution in [0.1, 0.15) is 34.7 Å². The zero-order chi connectivity index (χ0) is 18.2. The van der Waals surface area contributed by atoms with Crippen molar-refractivity contribution in [1.29, 1.82) is 0 Å². The quantitative estimate of drug-likeness (QED) is 0.438. The van der Waals surface area contributed by atoms with Crippen molar-refractivity contribution in [2.75, 3.05) is 27.3 Å². The normalized spacial score (nSPS) is 16.3. The summed E-state index contributed by atoms with van der Waals surface area (Å²) in [5.41, 5.74) is 2.05. The van der Waals surface area contributed by atoms with Gasteiger partial charge in [-0.3, -0.25) is 19.3 Å². The molecular formula is C16H21N3O5. The number of methoxy groups -OCH3 is 1. The molecule has 0 bridgehead atoms. The number of ketones is 1. The van der Waals surface area contributed by atoms with Crippen molar-refractivity contribution in [2.24, 2.45) is 0 Å². The summed E-state index contributed by atoms with van der Waals surface area (Å²) in [6.07, 6.45) is 0. The molecule has 0 radical (unpaired) electrons. The number of rotatable bonds is 6. The largest absolute Gasteiger partial charge is 0.383 e. The SMILES string of the molecule is COC[C@H](C)n1c(C)cc(C(=O)CN2C(=O)C(=O)N(C)C2=O)c1C. The van der Waals surface area contributed by atoms with Crippen LogP contribution in [0.2, 0.25) is 0 Å². The van der Waals surface area contributed by atoms with E-state index in [9.17, 15) is 19.2 Å². The number of carbonyl (C=O) groups is 4. The number of Topliss-reactive ketones (excluding diaryl/α,β-unsaturated/α-hetero) is 1. The fourth-order valence-electron chi connectivity index (χ4n) is 3.04. The lowest BCUT2D eigenvalue weighted by Gasteiger charge is -2.18. The third-order valence-electron chi connectivity index (χ3n) is 4.19. The highest BCUT2D eigenvalue weighted by molar-refractivity contribution is 6.45. The second-order valence-electron chi connectivity index (χ2n) is 5.92. The van der Waals surface area contributed by atoms with E-state index in [4.69, 9.17) is 4.74 Å². The van der Waals surface area contributed by atoms with Crippen LogP contribution in [0.15, 0.2) is 6.07 Å². The first-order valence-corrected chi connectivity index (χ1v) is 7.54. The van der Waals surface area contributed by atoms with Crippen molar-refractivity contribution < 1.29 is 23.9 Å². The van der Waals surface area contributed by atoms with Crippen LogP contribution >= 0.6 is 0 Å². The van der Waals surface area contributed by atoms with E-state index in [-0.39, 0.29) is 11.8 Å². The molecule has 1 saturated heterocycles. The van der Waals surface area contributed by atoms with Crippen LogP contribution in [0, 0.1) is 13.8 Å². The van der Waals surface area contributed by atoms with Crippen LogP contribution in [-0.2, 0) is 14.3 Å². The van der Waals surface area contributed by atoms with Crippen LogP contribution in [-0.4, -0.2) is 65.3 Å². The number of aryl methyl sites for hydroxylation is 1. The molecule has 8 nitrogen and oxygen atoms in total. The fourth-order valence-corrected chi connectivity index (χ4v) is 3.04. The van der Waals surface area contributed by atoms with Crippen molar-refractivity contribution in [1.82, 2.24) is 14.4 Å². The maximum atomic E-state index is 12.6. The van der Waals surface area contributed by atoms with Crippen molar-refractivity contribution in [2.45, 2.75) is 26.8 Å². The van der Waals surface area contributed by atoms with E-state index in [0.29, 0.717) is 22.0 Å². The Morgan fingerprint density at radius 3 is 2.33 bits per heavy atom. The molecule has 0 N–H and O–H groups in total. The maximum absolute atomic E-state index is 12.6. The molecule has 0 spiro atoms. The average Bonchev–Trinajstić information content (AvgIpc) is 2.92. The van der Waals surface area contributed by atoms with Crippen molar-refractivity contribution in [3.05, 3.63) is 23.0 Å². The Kier molecular flexibility index (Phi) is 4.88. The molecule has 0 unspecified atom stereocenters. The molecule has 2 rings (SSSR count). The van der Waals surface area contributed by atoms with Crippen LogP contribution in [0.3, 0.4) is 0 Å². The Hall–Kier alpha value is -2.48. The van der Waals surface area contributed by atoms with E-state index in [1.165, 1.54) is 7.05 Å². The van der Waals surface area contributed by atoms with Crippen LogP contribution in [0.5, 0.6) is 0 Å². The number of aromatic nitrogens is 1. The summed E-state index contributed by atoms with van der Waals surface area (Å²) in [6.45, 7) is 5.69. The van der Waals surface area contributed by atoms with Gasteiger partial charge in [0.2, 0.25) is 0 Å². The zero-order valence-corrected chi connectivity index (χ0v) is 14.5. The number of urea groups is 1. The first-order valence-electron chi connectivity index (χ1n) is 7.54. The molecule has 24 heavy (non-hydrogen) atoms. The average molecular weight is 335 g/mol. The maximum Gasteiger partial charge on any atom is 0.334 e. The number of ether oxygens (including phenoxy) is 1. The van der Waals surface area contributed by atoms with Gasteiger partial charge in [-0.1, -0.05) is 0 Å². The van der Waals surface area contributed by atoms with Gasteiger partial charge in [0.25, 0.3) is 0 Å². The van der Waals surface area contributed by atoms with Gasteiger partial charge in [-0.25, -0.2) is 9.69 Å². The van der Waals surface area contributed by atoms with Gasteiger partial charge in [-0.2, -0.15) is 0 Å². The highest BCUT2D eigenvalue weighted by atomic mass is 16.5. The van der Waals surface area contributed by atoms with Gasteiger partial charge >= 0.3 is 17.8 Å². The van der Waals surface area contributed by atoms with Crippen LogP contribution in [0.25, 0.3) is 0 Å². The molecule has 1 aliphatic rings. The highest BCUT2D eigenvalue weighted by Crippen LogP contribution is 2.22. The van der Waals surface area contributed by atoms with Gasteiger partial charge in [0.05, 0.1) is 19.2 Å². The van der Waals surface area contributed by atoms with E-state index < -0.39 is 24.4 Å². The molecule has 0 aliphatic carbocycles. The van der Waals surface area contributed by atoms with Gasteiger partial charge in [0.1, 0.15) is 0 Å². The molecule has 1 aromatic heterocycles. The predicted octanol–water partition coefficient (Wildman–Crippen LogP) is 0.916. The summed E-state index contributed by atoms with van der Waals surface area (Å²) in [5, 5.41) is 0. The molecule has 130 valence electrons. The molecule has 4 amide bonds. The van der Waals surface area contributed by atoms with Gasteiger partial charge in [0.15, 0.2) is 5.78 Å². The second kappa shape index (κ2) is 6.56. The first-order chi connectivity index (χ1) is 11.2. The topological polar surface area (TPSA) is 88.9 Å². The first kappa shape index (κ1) is 17.9. The van der Waals surface area contributed by atoms with E-state index in [2.05, 4.69) is 0 Å². The lowest BCUT2D eigenvalue weighted by molar-refractivity contribution is -0.142. The Balaban J connectivity index is 2.25. The molecule has 1 atom stereocenters. The van der Waals surface area contributed by atoms with Crippen LogP contribution in [0.4, 0.5) is 4.79 Å². The summed E-state index contributed by atoms with van der Waals surface area (Å²) in [4.78, 5) is 49.1. The minimum absolute atomic E-state index is 0.0410. The molecule has 0 aromatic carbocycles. The molecular weight excluding hydrogens is 314 g/mol. The van der Waals surface area contributed by atoms with E-state index >= 15 is 0 Å². The number of amides is 4. The predicted molar refractivity (Wildman–Crippen MR) is 84.7 cm³/mol. The Morgan fingerprint density at radius 1 is 1.21 bits per heavy atom. The molecule has 1 fully saturated rings. The number of likely N-dealkylation sites (N-methyl/N-ethyl adjacent to an activating group) is 1. The monoisotopic (exact) mass is 335 g/mol. The van der Waals surface area contributed by atoms with Gasteiger partial charge < -0.3 is 9.30 Å². The Bertz CT molecular complexity index is 722. The third-order valence-corrected chi connectivity index (χ3v) is 4.19. The summed E-state index contributed by atoms with van der Waals surface area (Å²) in [5.74, 6) is -2.28. The van der Waals surface area contributed by atoms with Gasteiger partial charge in [-0.15, -0.1) is 0 Å². The van der Waals surface area contributed by atoms with Crippen molar-refractivity contribution in [3.8, 4) is 0 Å². The van der Waals surface area contributed by atoms with E-state index in [0.717, 1.165) is 11.4 Å². The van der Waals surface area contributed by atoms with Crippen molar-refractivity contribution in [3.63, 3.8) is 0 Å². The van der Waals surface area contributed by atoms with E-state index in [1.807, 2.05) is 18.4 Å². The molecule has 2 heterocycles. The standard InChI is InChI=1S/C16H21N3O5/c1-9-6-12(11(3)19(9)10(2)8-24-5)13(20)7-18-15(22)14(21)17(4)16(18)23/h6,10H,7-8H2,1-5H3/t10-/m0/s1. The summed E-state index contributed by atoms with van der Waals surface area (Å²) in [6, 6.07) is 0.986. The number of hydrogen-bond acceptors (Lipinski definition) is 5. The minimum atomic E-state index is -0.975. The highest BCUT2D eigenvalue weighted by Gasteiger charge is 2.43. The number of nitrogens with zero attached hydrogens (tertiary/aromatic N) is 3. The zero-order valence-electron chi connectivity index (χ0n) is 14.5. The van der Waals surface area contributed by atoms with Crippen molar-refractivity contribution >= 4 is 23.6 Å². The molecule has 1 aliphatic heterocycles. The Labute approximate surface area is 140 Å². The summed E-state index contributed by atoms with van der Waals surface area (Å²) in [7, 11) is 2.82. The lowest BCUT2D eigenvalue weighted by Crippen LogP contribution is -2.36. The van der Waals surface area contributed by atoms with E-state index in [1.54, 1.807) is 20.1 Å². The summed E-state index contributed by atoms with van der Waals surface area (Å²) < 4.78 is 7.12. The fraction of sp³-hybridized carbons (Fsp3) is 0.500. The molecule has 1 aromatic rings. The number of carbonyl (C=O) groups excluding carboxylic acids is 4. The molecule has 0 saturated carbocycles. The Morgan fingerprint density at radius 2 is 1.83 bits per heavy atom. The molecule has 8 heteroatoms. The third kappa shape index (κ3) is 2.84. The number of hydrogen-bond donors (Lipinski definition) is 0.